The molecule has 1 nitrogen and oxygen atoms in total. The van der Waals surface area contributed by atoms with Gasteiger partial charge in [0.1, 0.15) is 0 Å². The molecule has 1 aliphatic rings. The van der Waals surface area contributed by atoms with Crippen LogP contribution < -0.4 is 5.32 Å². The fourth-order valence-corrected chi connectivity index (χ4v) is 2.10. The van der Waals surface area contributed by atoms with Crippen molar-refractivity contribution in [2.24, 2.45) is 0 Å². The van der Waals surface area contributed by atoms with Crippen LogP contribution in [0.25, 0.3) is 0 Å². The molecule has 2 rings (SSSR count). The highest BCUT2D eigenvalue weighted by Crippen LogP contribution is 2.25. The van der Waals surface area contributed by atoms with Gasteiger partial charge in [0.15, 0.2) is 0 Å². The molecule has 1 aromatic rings. The third-order valence-electron chi connectivity index (χ3n) is 2.69. The molecule has 1 atom stereocenters. The molecule has 0 bridgehead atoms. The maximum Gasteiger partial charge on any atom is 0.0297 e. The Balaban J connectivity index is 2.53. The van der Waals surface area contributed by atoms with Crippen LogP contribution in [0.3, 0.4) is 0 Å². The normalized spacial score (nSPS) is 22.0. The zero-order valence-corrected chi connectivity index (χ0v) is 7.72. The summed E-state index contributed by atoms with van der Waals surface area (Å²) in [6.07, 6.45) is 1.18. The fraction of sp³-hybridized carbons (Fsp3) is 0.455. The summed E-state index contributed by atoms with van der Waals surface area (Å²) in [6, 6.07) is 7.14. The summed E-state index contributed by atoms with van der Waals surface area (Å²) in [5.74, 6) is 0. The summed E-state index contributed by atoms with van der Waals surface area (Å²) < 4.78 is 0. The molecule has 1 heterocycles. The largest absolute Gasteiger partial charge is 0.310 e. The van der Waals surface area contributed by atoms with Gasteiger partial charge in [0.25, 0.3) is 0 Å². The molecule has 12 heavy (non-hydrogen) atoms. The quantitative estimate of drug-likeness (QED) is 0.615. The summed E-state index contributed by atoms with van der Waals surface area (Å²) in [4.78, 5) is 0. The molecular formula is C11H15N. The predicted molar refractivity (Wildman–Crippen MR) is 51.3 cm³/mol. The Bertz CT molecular complexity index is 291. The van der Waals surface area contributed by atoms with Gasteiger partial charge < -0.3 is 5.32 Å². The van der Waals surface area contributed by atoms with Crippen LogP contribution in [-0.2, 0) is 6.42 Å². The van der Waals surface area contributed by atoms with Gasteiger partial charge in [-0.25, -0.2) is 0 Å². The van der Waals surface area contributed by atoms with Gasteiger partial charge in [0, 0.05) is 6.04 Å². The minimum absolute atomic E-state index is 0.537. The van der Waals surface area contributed by atoms with E-state index in [2.05, 4.69) is 37.4 Å². The van der Waals surface area contributed by atoms with Crippen LogP contribution >= 0.6 is 0 Å². The minimum Gasteiger partial charge on any atom is -0.310 e. The molecule has 0 radical (unpaired) electrons. The monoisotopic (exact) mass is 161 g/mol. The van der Waals surface area contributed by atoms with Crippen molar-refractivity contribution in [3.8, 4) is 0 Å². The summed E-state index contributed by atoms with van der Waals surface area (Å²) in [5.41, 5.74) is 4.47. The molecule has 1 aliphatic heterocycles. The van der Waals surface area contributed by atoms with Gasteiger partial charge in [0.05, 0.1) is 0 Å². The lowest BCUT2D eigenvalue weighted by molar-refractivity contribution is 0.538. The SMILES string of the molecule is Cc1cccc2c1C(C)NCC2. The Morgan fingerprint density at radius 2 is 2.25 bits per heavy atom. The Kier molecular flexibility index (Phi) is 1.89. The van der Waals surface area contributed by atoms with Crippen LogP contribution in [0.15, 0.2) is 18.2 Å². The second-order valence-corrected chi connectivity index (χ2v) is 3.57. The van der Waals surface area contributed by atoms with E-state index in [1.54, 1.807) is 0 Å². The molecule has 0 fully saturated rings. The number of nitrogens with one attached hydrogen (secondary N) is 1. The van der Waals surface area contributed by atoms with Gasteiger partial charge in [-0.05, 0) is 43.5 Å². The Labute approximate surface area is 73.8 Å². The fourth-order valence-electron chi connectivity index (χ4n) is 2.10. The highest BCUT2D eigenvalue weighted by molar-refractivity contribution is 5.38. The van der Waals surface area contributed by atoms with Crippen molar-refractivity contribution in [2.45, 2.75) is 26.3 Å². The van der Waals surface area contributed by atoms with E-state index in [1.807, 2.05) is 0 Å². The van der Waals surface area contributed by atoms with Gasteiger partial charge in [-0.2, -0.15) is 0 Å². The van der Waals surface area contributed by atoms with Gasteiger partial charge in [0.2, 0.25) is 0 Å². The number of fused-ring (bicyclic) bond motifs is 1. The molecule has 1 unspecified atom stereocenters. The number of hydrogen-bond acceptors (Lipinski definition) is 1. The average molecular weight is 161 g/mol. The molecule has 64 valence electrons. The molecular weight excluding hydrogens is 146 g/mol. The molecule has 1 aromatic carbocycles. The van der Waals surface area contributed by atoms with Gasteiger partial charge in [-0.3, -0.25) is 0 Å². The number of aryl methyl sites for hydroxylation is 1. The first-order chi connectivity index (χ1) is 5.79. The standard InChI is InChI=1S/C11H15N/c1-8-4-3-5-10-6-7-12-9(2)11(8)10/h3-5,9,12H,6-7H2,1-2H3. The van der Waals surface area contributed by atoms with Crippen molar-refractivity contribution in [1.29, 1.82) is 0 Å². The first-order valence-electron chi connectivity index (χ1n) is 4.61. The van der Waals surface area contributed by atoms with Gasteiger partial charge >= 0.3 is 0 Å². The lowest BCUT2D eigenvalue weighted by Gasteiger charge is -2.25. The van der Waals surface area contributed by atoms with E-state index in [9.17, 15) is 0 Å². The highest BCUT2D eigenvalue weighted by atomic mass is 14.9. The van der Waals surface area contributed by atoms with Crippen molar-refractivity contribution in [2.75, 3.05) is 6.54 Å². The summed E-state index contributed by atoms with van der Waals surface area (Å²) in [7, 11) is 0. The summed E-state index contributed by atoms with van der Waals surface area (Å²) in [6.45, 7) is 5.56. The maximum atomic E-state index is 3.48. The van der Waals surface area contributed by atoms with E-state index in [0.29, 0.717) is 6.04 Å². The third kappa shape index (κ3) is 1.14. The molecule has 0 aliphatic carbocycles. The topological polar surface area (TPSA) is 12.0 Å². The second kappa shape index (κ2) is 2.91. The third-order valence-corrected chi connectivity index (χ3v) is 2.69. The Morgan fingerprint density at radius 3 is 3.00 bits per heavy atom. The summed E-state index contributed by atoms with van der Waals surface area (Å²) >= 11 is 0. The number of hydrogen-bond donors (Lipinski definition) is 1. The smallest absolute Gasteiger partial charge is 0.0297 e. The van der Waals surface area contributed by atoms with Crippen LogP contribution in [0.1, 0.15) is 29.7 Å². The first-order valence-corrected chi connectivity index (χ1v) is 4.61. The lowest BCUT2D eigenvalue weighted by atomic mass is 9.91. The average Bonchev–Trinajstić information content (AvgIpc) is 2.04. The van der Waals surface area contributed by atoms with Gasteiger partial charge in [-0.15, -0.1) is 0 Å². The minimum atomic E-state index is 0.537. The second-order valence-electron chi connectivity index (χ2n) is 3.57. The highest BCUT2D eigenvalue weighted by Gasteiger charge is 2.16. The first kappa shape index (κ1) is 7.81. The van der Waals surface area contributed by atoms with Crippen LogP contribution in [0, 0.1) is 6.92 Å². The van der Waals surface area contributed by atoms with Gasteiger partial charge in [-0.1, -0.05) is 18.2 Å². The van der Waals surface area contributed by atoms with E-state index >= 15 is 0 Å². The van der Waals surface area contributed by atoms with E-state index in [-0.39, 0.29) is 0 Å². The maximum absolute atomic E-state index is 3.48. The van der Waals surface area contributed by atoms with Crippen LogP contribution in [0.5, 0.6) is 0 Å². The van der Waals surface area contributed by atoms with Crippen molar-refractivity contribution in [3.05, 3.63) is 34.9 Å². The lowest BCUT2D eigenvalue weighted by Crippen LogP contribution is -2.28. The number of benzene rings is 1. The molecule has 0 saturated carbocycles. The summed E-state index contributed by atoms with van der Waals surface area (Å²) in [5, 5.41) is 3.48. The molecule has 0 saturated heterocycles. The Hall–Kier alpha value is -0.820. The van der Waals surface area contributed by atoms with Crippen molar-refractivity contribution < 1.29 is 0 Å². The van der Waals surface area contributed by atoms with Crippen molar-refractivity contribution >= 4 is 0 Å². The van der Waals surface area contributed by atoms with E-state index in [4.69, 9.17) is 0 Å². The molecule has 1 N–H and O–H groups in total. The molecule has 0 amide bonds. The van der Waals surface area contributed by atoms with E-state index in [0.717, 1.165) is 6.54 Å². The molecule has 0 spiro atoms. The van der Waals surface area contributed by atoms with E-state index in [1.165, 1.54) is 23.1 Å². The van der Waals surface area contributed by atoms with Crippen LogP contribution in [-0.4, -0.2) is 6.54 Å². The van der Waals surface area contributed by atoms with Crippen molar-refractivity contribution in [1.82, 2.24) is 5.32 Å². The Morgan fingerprint density at radius 1 is 1.42 bits per heavy atom. The zero-order valence-electron chi connectivity index (χ0n) is 7.72. The molecule has 1 heteroatoms. The molecule has 0 aromatic heterocycles. The number of rotatable bonds is 0. The van der Waals surface area contributed by atoms with Crippen LogP contribution in [0.4, 0.5) is 0 Å². The predicted octanol–water partition coefficient (Wildman–Crippen LogP) is 2.20. The van der Waals surface area contributed by atoms with Crippen LogP contribution in [0.2, 0.25) is 0 Å². The zero-order chi connectivity index (χ0) is 8.55. The van der Waals surface area contributed by atoms with Crippen molar-refractivity contribution in [3.63, 3.8) is 0 Å². The van der Waals surface area contributed by atoms with E-state index < -0.39 is 0 Å².